The Bertz CT molecular complexity index is 1470. The second-order valence-electron chi connectivity index (χ2n) is 14.7. The van der Waals surface area contributed by atoms with Gasteiger partial charge in [-0.15, -0.1) is 0 Å². The van der Waals surface area contributed by atoms with Gasteiger partial charge in [-0.3, -0.25) is 0 Å². The van der Waals surface area contributed by atoms with Gasteiger partial charge in [-0.1, -0.05) is 137 Å². The monoisotopic (exact) mass is 732 g/mol. The number of ether oxygens (including phenoxy) is 2. The van der Waals surface area contributed by atoms with Gasteiger partial charge in [0.2, 0.25) is 0 Å². The average molecular weight is 733 g/mol. The Morgan fingerprint density at radius 1 is 0.623 bits per heavy atom. The summed E-state index contributed by atoms with van der Waals surface area (Å²) in [6.07, 6.45) is 32.8. The van der Waals surface area contributed by atoms with E-state index in [9.17, 15) is 25.5 Å². The van der Waals surface area contributed by atoms with E-state index in [4.69, 9.17) is 9.47 Å². The Morgan fingerprint density at radius 2 is 1.13 bits per heavy atom. The van der Waals surface area contributed by atoms with Crippen LogP contribution in [0.1, 0.15) is 94.4 Å². The van der Waals surface area contributed by atoms with Gasteiger partial charge in [0, 0.05) is 0 Å². The minimum Gasteiger partial charge on any atom is -0.394 e. The first-order chi connectivity index (χ1) is 25.1. The fraction of sp³-hybridized carbons (Fsp3) is 0.478. The molecule has 0 aromatic carbocycles. The summed E-state index contributed by atoms with van der Waals surface area (Å²) in [6, 6.07) is 0. The zero-order valence-electron chi connectivity index (χ0n) is 33.7. The van der Waals surface area contributed by atoms with E-state index in [0.717, 1.165) is 42.4 Å². The summed E-state index contributed by atoms with van der Waals surface area (Å²) in [5.41, 5.74) is 7.47. The highest BCUT2D eigenvalue weighted by Gasteiger charge is 2.45. The Hall–Kier alpha value is -3.40. The molecule has 1 rings (SSSR count). The van der Waals surface area contributed by atoms with Crippen LogP contribution in [-0.2, 0) is 9.47 Å². The summed E-state index contributed by atoms with van der Waals surface area (Å²) in [6.45, 7) is 17.9. The Labute approximate surface area is 320 Å². The lowest BCUT2D eigenvalue weighted by Crippen LogP contribution is -2.60. The van der Waals surface area contributed by atoms with Gasteiger partial charge in [0.15, 0.2) is 6.29 Å². The van der Waals surface area contributed by atoms with Crippen LogP contribution in [0.15, 0.2) is 142 Å². The first-order valence-electron chi connectivity index (χ1n) is 18.7. The van der Waals surface area contributed by atoms with E-state index in [1.54, 1.807) is 0 Å². The Balaban J connectivity index is 2.57. The SMILES string of the molecule is CC(C)=CCCC(C)=CC=CC(C)=CC=CC(C)=CC=CC=C(C=CC=C(C)C=CC=C(C)CCCC(C)(C)OC1OC(CO)C(O)C(O)C1O)CO. The number of aliphatic hydroxyl groups is 5. The molecule has 7 heteroatoms. The molecular weight excluding hydrogens is 664 g/mol. The summed E-state index contributed by atoms with van der Waals surface area (Å²) in [7, 11) is 0. The van der Waals surface area contributed by atoms with Crippen LogP contribution in [0.25, 0.3) is 0 Å². The predicted octanol–water partition coefficient (Wildman–Crippen LogP) is 8.93. The third-order valence-corrected chi connectivity index (χ3v) is 8.56. The van der Waals surface area contributed by atoms with Gasteiger partial charge >= 0.3 is 0 Å². The molecule has 1 fully saturated rings. The minimum absolute atomic E-state index is 0.0553. The fourth-order valence-electron chi connectivity index (χ4n) is 5.20. The topological polar surface area (TPSA) is 120 Å². The number of aliphatic hydroxyl groups excluding tert-OH is 5. The van der Waals surface area contributed by atoms with Crippen molar-refractivity contribution in [1.29, 1.82) is 0 Å². The van der Waals surface area contributed by atoms with E-state index >= 15 is 0 Å². The number of hydrogen-bond donors (Lipinski definition) is 5. The largest absolute Gasteiger partial charge is 0.394 e. The highest BCUT2D eigenvalue weighted by atomic mass is 16.7. The molecule has 0 aromatic heterocycles. The molecular formula is C46H68O7. The molecule has 0 radical (unpaired) electrons. The van der Waals surface area contributed by atoms with Crippen LogP contribution in [0.5, 0.6) is 0 Å². The van der Waals surface area contributed by atoms with Gasteiger partial charge in [-0.05, 0) is 100.0 Å². The lowest BCUT2D eigenvalue weighted by molar-refractivity contribution is -0.323. The van der Waals surface area contributed by atoms with Crippen LogP contribution < -0.4 is 0 Å². The molecule has 5 N–H and O–H groups in total. The maximum atomic E-state index is 10.3. The molecule has 5 atom stereocenters. The van der Waals surface area contributed by atoms with E-state index in [0.29, 0.717) is 6.42 Å². The lowest BCUT2D eigenvalue weighted by Gasteiger charge is -2.42. The van der Waals surface area contributed by atoms with Gasteiger partial charge in [-0.2, -0.15) is 0 Å². The van der Waals surface area contributed by atoms with Crippen molar-refractivity contribution in [1.82, 2.24) is 0 Å². The molecule has 0 aromatic rings. The molecule has 5 unspecified atom stereocenters. The smallest absolute Gasteiger partial charge is 0.187 e. The molecule has 0 amide bonds. The van der Waals surface area contributed by atoms with E-state index in [1.807, 2.05) is 75.5 Å². The molecule has 1 aliphatic rings. The first-order valence-corrected chi connectivity index (χ1v) is 18.7. The van der Waals surface area contributed by atoms with E-state index in [-0.39, 0.29) is 6.61 Å². The Kier molecular flexibility index (Phi) is 23.7. The zero-order chi connectivity index (χ0) is 39.8. The van der Waals surface area contributed by atoms with Crippen molar-refractivity contribution in [2.45, 2.75) is 131 Å². The van der Waals surface area contributed by atoms with Crippen molar-refractivity contribution < 1.29 is 35.0 Å². The summed E-state index contributed by atoms with van der Waals surface area (Å²) in [5, 5.41) is 49.5. The lowest BCUT2D eigenvalue weighted by atomic mass is 9.96. The van der Waals surface area contributed by atoms with Crippen molar-refractivity contribution >= 4 is 0 Å². The van der Waals surface area contributed by atoms with Crippen molar-refractivity contribution in [3.8, 4) is 0 Å². The number of rotatable bonds is 21. The number of allylic oxidation sites excluding steroid dienone is 22. The van der Waals surface area contributed by atoms with Gasteiger partial charge < -0.3 is 35.0 Å². The van der Waals surface area contributed by atoms with Crippen molar-refractivity contribution in [3.63, 3.8) is 0 Å². The molecule has 0 aliphatic carbocycles. The summed E-state index contributed by atoms with van der Waals surface area (Å²) in [5.74, 6) is 0. The normalized spacial score (nSPS) is 23.5. The van der Waals surface area contributed by atoms with E-state index in [2.05, 4.69) is 90.2 Å². The molecule has 294 valence electrons. The first kappa shape index (κ1) is 47.6. The minimum atomic E-state index is -1.46. The maximum absolute atomic E-state index is 10.3. The van der Waals surface area contributed by atoms with E-state index in [1.165, 1.54) is 22.3 Å². The van der Waals surface area contributed by atoms with Gasteiger partial charge in [0.05, 0.1) is 18.8 Å². The molecule has 53 heavy (non-hydrogen) atoms. The quantitative estimate of drug-likeness (QED) is 0.0591. The second kappa shape index (κ2) is 26.4. The van der Waals surface area contributed by atoms with E-state index < -0.39 is 42.9 Å². The third-order valence-electron chi connectivity index (χ3n) is 8.56. The van der Waals surface area contributed by atoms with Crippen molar-refractivity contribution in [2.24, 2.45) is 0 Å². The Morgan fingerprint density at radius 3 is 1.68 bits per heavy atom. The van der Waals surface area contributed by atoms with Crippen LogP contribution in [-0.4, -0.2) is 75.1 Å². The molecule has 1 saturated heterocycles. The van der Waals surface area contributed by atoms with Crippen LogP contribution >= 0.6 is 0 Å². The summed E-state index contributed by atoms with van der Waals surface area (Å²) >= 11 is 0. The number of hydrogen-bond acceptors (Lipinski definition) is 7. The second-order valence-corrected chi connectivity index (χ2v) is 14.7. The van der Waals surface area contributed by atoms with Crippen LogP contribution in [0.2, 0.25) is 0 Å². The predicted molar refractivity (Wildman–Crippen MR) is 221 cm³/mol. The van der Waals surface area contributed by atoms with Crippen molar-refractivity contribution in [3.05, 3.63) is 142 Å². The molecule has 1 aliphatic heterocycles. The average Bonchev–Trinajstić information content (AvgIpc) is 3.09. The van der Waals surface area contributed by atoms with Gasteiger partial charge in [0.1, 0.15) is 24.4 Å². The molecule has 0 bridgehead atoms. The summed E-state index contributed by atoms with van der Waals surface area (Å²) in [4.78, 5) is 0. The van der Waals surface area contributed by atoms with Gasteiger partial charge in [0.25, 0.3) is 0 Å². The molecule has 1 heterocycles. The third kappa shape index (κ3) is 21.8. The highest BCUT2D eigenvalue weighted by molar-refractivity contribution is 5.33. The van der Waals surface area contributed by atoms with Crippen LogP contribution in [0, 0.1) is 0 Å². The zero-order valence-corrected chi connectivity index (χ0v) is 33.7. The highest BCUT2D eigenvalue weighted by Crippen LogP contribution is 2.28. The molecule has 0 saturated carbocycles. The molecule has 7 nitrogen and oxygen atoms in total. The van der Waals surface area contributed by atoms with Crippen LogP contribution in [0.4, 0.5) is 0 Å². The van der Waals surface area contributed by atoms with Gasteiger partial charge in [-0.25, -0.2) is 0 Å². The summed E-state index contributed by atoms with van der Waals surface area (Å²) < 4.78 is 11.4. The fourth-order valence-corrected chi connectivity index (χ4v) is 5.20. The maximum Gasteiger partial charge on any atom is 0.187 e. The van der Waals surface area contributed by atoms with Crippen molar-refractivity contribution in [2.75, 3.05) is 13.2 Å². The molecule has 0 spiro atoms. The van der Waals surface area contributed by atoms with Crippen LogP contribution in [0.3, 0.4) is 0 Å². The standard InChI is InChI=1S/C46H68O7/c1-34(2)18-12-20-36(4)22-14-24-37(5)23-13-21-35(3)19-10-11-29-40(32-47)30-16-27-38(6)25-15-26-39(7)28-17-31-46(8,9)53-45-44(51)43(50)42(49)41(33-48)52-45/h10-11,13-16,18-19,21-27,29-30,41-45,47-51H,12,17,20,28,31-33H2,1-9H3.